The van der Waals surface area contributed by atoms with E-state index < -0.39 is 4.92 Å². The molecule has 0 aliphatic rings. The van der Waals surface area contributed by atoms with Gasteiger partial charge in [-0.3, -0.25) is 14.9 Å². The molecule has 0 atom stereocenters. The van der Waals surface area contributed by atoms with Crippen LogP contribution in [0.4, 0.5) is 5.69 Å². The molecule has 1 amide bonds. The predicted octanol–water partition coefficient (Wildman–Crippen LogP) is 3.16. The second-order valence-electron chi connectivity index (χ2n) is 5.16. The highest BCUT2D eigenvalue weighted by molar-refractivity contribution is 6.30. The third kappa shape index (κ3) is 5.96. The zero-order valence-corrected chi connectivity index (χ0v) is 14.3. The van der Waals surface area contributed by atoms with Crippen molar-refractivity contribution in [2.45, 2.75) is 0 Å². The van der Waals surface area contributed by atoms with Crippen molar-refractivity contribution in [3.05, 3.63) is 63.7 Å². The zero-order chi connectivity index (χ0) is 18.2. The topological polar surface area (TPSA) is 81.9 Å². The highest BCUT2D eigenvalue weighted by Gasteiger charge is 2.11. The summed E-state index contributed by atoms with van der Waals surface area (Å²) in [7, 11) is 1.65. The van der Waals surface area contributed by atoms with Crippen molar-refractivity contribution < 1.29 is 19.2 Å². The normalized spacial score (nSPS) is 10.2. The molecule has 2 aromatic rings. The summed E-state index contributed by atoms with van der Waals surface area (Å²) in [6.45, 7) is 0.571. The fraction of sp³-hybridized carbons (Fsp3) is 0.235. The third-order valence-electron chi connectivity index (χ3n) is 3.34. The van der Waals surface area contributed by atoms with Gasteiger partial charge in [-0.1, -0.05) is 11.6 Å². The van der Waals surface area contributed by atoms with Crippen LogP contribution < -0.4 is 9.47 Å². The number of carbonyl (C=O) groups is 1. The average Bonchev–Trinajstić information content (AvgIpc) is 2.61. The minimum Gasteiger partial charge on any atom is -0.492 e. The highest BCUT2D eigenvalue weighted by Crippen LogP contribution is 2.17. The molecular weight excluding hydrogens is 348 g/mol. The number of amides is 1. The maximum atomic E-state index is 12.0. The van der Waals surface area contributed by atoms with Gasteiger partial charge in [0, 0.05) is 24.2 Å². The number of hydrogen-bond acceptors (Lipinski definition) is 5. The van der Waals surface area contributed by atoms with Gasteiger partial charge in [-0.15, -0.1) is 0 Å². The van der Waals surface area contributed by atoms with Crippen molar-refractivity contribution in [1.29, 1.82) is 0 Å². The lowest BCUT2D eigenvalue weighted by Crippen LogP contribution is -2.34. The van der Waals surface area contributed by atoms with Gasteiger partial charge in [0.05, 0.1) is 11.5 Å². The number of likely N-dealkylation sites (N-methyl/N-ethyl adjacent to an activating group) is 1. The van der Waals surface area contributed by atoms with Crippen LogP contribution in [-0.2, 0) is 4.79 Å². The molecule has 0 fully saturated rings. The van der Waals surface area contributed by atoms with Gasteiger partial charge in [-0.2, -0.15) is 0 Å². The fourth-order valence-electron chi connectivity index (χ4n) is 1.88. The zero-order valence-electron chi connectivity index (χ0n) is 13.6. The van der Waals surface area contributed by atoms with Gasteiger partial charge in [0.15, 0.2) is 6.61 Å². The SMILES string of the molecule is CN(CCOc1ccc(Cl)cc1)C(=O)COc1ccc([N+](=O)[O-])cc1. The molecule has 0 spiro atoms. The van der Waals surface area contributed by atoms with Crippen molar-refractivity contribution in [2.24, 2.45) is 0 Å². The number of nitrogens with zero attached hydrogens (tertiary/aromatic N) is 2. The summed E-state index contributed by atoms with van der Waals surface area (Å²) in [5, 5.41) is 11.2. The summed E-state index contributed by atoms with van der Waals surface area (Å²) >= 11 is 5.79. The minimum absolute atomic E-state index is 0.0323. The molecule has 0 aliphatic carbocycles. The van der Waals surface area contributed by atoms with Crippen LogP contribution in [0.25, 0.3) is 0 Å². The highest BCUT2D eigenvalue weighted by atomic mass is 35.5. The van der Waals surface area contributed by atoms with Crippen LogP contribution in [0, 0.1) is 10.1 Å². The van der Waals surface area contributed by atoms with E-state index in [2.05, 4.69) is 0 Å². The van der Waals surface area contributed by atoms with Gasteiger partial charge in [0.25, 0.3) is 11.6 Å². The maximum absolute atomic E-state index is 12.0. The van der Waals surface area contributed by atoms with E-state index in [9.17, 15) is 14.9 Å². The van der Waals surface area contributed by atoms with Crippen LogP contribution >= 0.6 is 11.6 Å². The quantitative estimate of drug-likeness (QED) is 0.530. The molecule has 25 heavy (non-hydrogen) atoms. The molecule has 132 valence electrons. The number of halogens is 1. The summed E-state index contributed by atoms with van der Waals surface area (Å²) in [6.07, 6.45) is 0. The lowest BCUT2D eigenvalue weighted by atomic mass is 10.3. The predicted molar refractivity (Wildman–Crippen MR) is 93.2 cm³/mol. The van der Waals surface area contributed by atoms with Gasteiger partial charge in [0.2, 0.25) is 0 Å². The van der Waals surface area contributed by atoms with Crippen molar-refractivity contribution in [3.63, 3.8) is 0 Å². The van der Waals surface area contributed by atoms with Crippen LogP contribution in [0.5, 0.6) is 11.5 Å². The van der Waals surface area contributed by atoms with Gasteiger partial charge in [-0.05, 0) is 36.4 Å². The first-order valence-electron chi connectivity index (χ1n) is 7.45. The Morgan fingerprint density at radius 2 is 1.64 bits per heavy atom. The lowest BCUT2D eigenvalue weighted by Gasteiger charge is -2.17. The first-order chi connectivity index (χ1) is 12.0. The Hall–Kier alpha value is -2.80. The van der Waals surface area contributed by atoms with E-state index >= 15 is 0 Å². The van der Waals surface area contributed by atoms with E-state index in [-0.39, 0.29) is 18.2 Å². The molecule has 8 heteroatoms. The standard InChI is InChI=1S/C17H17ClN2O5/c1-19(10-11-24-15-6-2-13(18)3-7-15)17(21)12-25-16-8-4-14(5-9-16)20(22)23/h2-9H,10-12H2,1H3. The van der Waals surface area contributed by atoms with E-state index in [1.165, 1.54) is 29.2 Å². The molecule has 7 nitrogen and oxygen atoms in total. The smallest absolute Gasteiger partial charge is 0.269 e. The van der Waals surface area contributed by atoms with Gasteiger partial charge in [0.1, 0.15) is 18.1 Å². The Kier molecular flexibility index (Phi) is 6.59. The van der Waals surface area contributed by atoms with E-state index in [1.54, 1.807) is 31.3 Å². The first-order valence-corrected chi connectivity index (χ1v) is 7.83. The largest absolute Gasteiger partial charge is 0.492 e. The van der Waals surface area contributed by atoms with Crippen molar-refractivity contribution in [2.75, 3.05) is 26.8 Å². The number of nitro benzene ring substituents is 1. The summed E-state index contributed by atoms with van der Waals surface area (Å²) in [5.74, 6) is 0.843. The van der Waals surface area contributed by atoms with E-state index in [4.69, 9.17) is 21.1 Å². The number of ether oxygens (including phenoxy) is 2. The molecule has 0 N–H and O–H groups in total. The number of carbonyl (C=O) groups excluding carboxylic acids is 1. The Morgan fingerprint density at radius 1 is 1.08 bits per heavy atom. The second kappa shape index (κ2) is 8.89. The van der Waals surface area contributed by atoms with Crippen molar-refractivity contribution in [3.8, 4) is 11.5 Å². The van der Waals surface area contributed by atoms with Crippen LogP contribution in [0.2, 0.25) is 5.02 Å². The minimum atomic E-state index is -0.497. The van der Waals surface area contributed by atoms with Crippen LogP contribution in [0.3, 0.4) is 0 Å². The van der Waals surface area contributed by atoms with Gasteiger partial charge in [-0.25, -0.2) is 0 Å². The molecule has 0 saturated heterocycles. The van der Waals surface area contributed by atoms with E-state index in [0.29, 0.717) is 29.7 Å². The molecule has 0 unspecified atom stereocenters. The molecule has 2 rings (SSSR count). The molecule has 0 saturated carbocycles. The summed E-state index contributed by atoms with van der Waals surface area (Å²) < 4.78 is 10.9. The van der Waals surface area contributed by atoms with Crippen LogP contribution in [-0.4, -0.2) is 42.5 Å². The number of non-ortho nitro benzene ring substituents is 1. The second-order valence-corrected chi connectivity index (χ2v) is 5.59. The monoisotopic (exact) mass is 364 g/mol. The van der Waals surface area contributed by atoms with Crippen molar-refractivity contribution in [1.82, 2.24) is 4.90 Å². The molecular formula is C17H17ClN2O5. The molecule has 0 aromatic heterocycles. The van der Waals surface area contributed by atoms with E-state index in [1.807, 2.05) is 0 Å². The van der Waals surface area contributed by atoms with Gasteiger partial charge >= 0.3 is 0 Å². The number of hydrogen-bond donors (Lipinski definition) is 0. The third-order valence-corrected chi connectivity index (χ3v) is 3.60. The Balaban J connectivity index is 1.72. The van der Waals surface area contributed by atoms with Gasteiger partial charge < -0.3 is 14.4 Å². The summed E-state index contributed by atoms with van der Waals surface area (Å²) in [6, 6.07) is 12.5. The average molecular weight is 365 g/mol. The number of rotatable bonds is 8. The molecule has 0 heterocycles. The van der Waals surface area contributed by atoms with Crippen LogP contribution in [0.1, 0.15) is 0 Å². The Morgan fingerprint density at radius 3 is 2.24 bits per heavy atom. The molecule has 0 radical (unpaired) electrons. The number of benzene rings is 2. The molecule has 2 aromatic carbocycles. The fourth-order valence-corrected chi connectivity index (χ4v) is 2.00. The molecule has 0 aliphatic heterocycles. The van der Waals surface area contributed by atoms with Crippen LogP contribution in [0.15, 0.2) is 48.5 Å². The summed E-state index contributed by atoms with van der Waals surface area (Å²) in [4.78, 5) is 23.6. The first kappa shape index (κ1) is 18.5. The van der Waals surface area contributed by atoms with E-state index in [0.717, 1.165) is 0 Å². The number of nitro groups is 1. The molecule has 0 bridgehead atoms. The Bertz CT molecular complexity index is 719. The van der Waals surface area contributed by atoms with Crippen molar-refractivity contribution >= 4 is 23.2 Å². The maximum Gasteiger partial charge on any atom is 0.269 e. The lowest BCUT2D eigenvalue weighted by molar-refractivity contribution is -0.384. The Labute approximate surface area is 149 Å². The summed E-state index contributed by atoms with van der Waals surface area (Å²) in [5.41, 5.74) is -0.0323.